The lowest BCUT2D eigenvalue weighted by atomic mass is 9.86. The van der Waals surface area contributed by atoms with Crippen molar-refractivity contribution in [1.29, 1.82) is 0 Å². The van der Waals surface area contributed by atoms with Crippen LogP contribution in [0.5, 0.6) is 0 Å². The third kappa shape index (κ3) is 0.991. The van der Waals surface area contributed by atoms with Gasteiger partial charge in [-0.3, -0.25) is 0 Å². The summed E-state index contributed by atoms with van der Waals surface area (Å²) in [4.78, 5) is 5.50. The minimum atomic E-state index is -0.0837. The monoisotopic (exact) mass is 194 g/mol. The lowest BCUT2D eigenvalue weighted by Crippen LogP contribution is -2.32. The van der Waals surface area contributed by atoms with Crippen molar-refractivity contribution in [2.45, 2.75) is 26.4 Å². The fourth-order valence-electron chi connectivity index (χ4n) is 2.89. The molecule has 0 aromatic carbocycles. The third-order valence-electron chi connectivity index (χ3n) is 4.31. The van der Waals surface area contributed by atoms with Crippen molar-refractivity contribution in [3.05, 3.63) is 0 Å². The first-order valence-electron chi connectivity index (χ1n) is 5.58. The largest absolute Gasteiger partial charge is 0.389 e. The van der Waals surface area contributed by atoms with Crippen molar-refractivity contribution in [3.8, 4) is 0 Å². The summed E-state index contributed by atoms with van der Waals surface area (Å²) in [7, 11) is 0. The molecule has 3 rings (SSSR count). The van der Waals surface area contributed by atoms with E-state index < -0.39 is 0 Å². The molecular formula is C11H18N2O. The van der Waals surface area contributed by atoms with Crippen LogP contribution in [0.4, 0.5) is 0 Å². The van der Waals surface area contributed by atoms with Crippen LogP contribution in [0.15, 0.2) is 5.16 Å². The Hall–Kier alpha value is -0.570. The van der Waals surface area contributed by atoms with Crippen molar-refractivity contribution in [3.63, 3.8) is 0 Å². The first kappa shape index (κ1) is 8.72. The standard InChI is InChI=1S/C11H18N2O/c1-6-10(13-14-11(6,2)3)9-7-4-12-5-8(7)9/h6-9,12H,4-5H2,1-3H3. The Morgan fingerprint density at radius 2 is 2.00 bits per heavy atom. The first-order valence-corrected chi connectivity index (χ1v) is 5.58. The van der Waals surface area contributed by atoms with Crippen LogP contribution >= 0.6 is 0 Å². The van der Waals surface area contributed by atoms with Gasteiger partial charge in [-0.15, -0.1) is 0 Å². The molecule has 0 radical (unpaired) electrons. The zero-order valence-electron chi connectivity index (χ0n) is 9.08. The maximum Gasteiger partial charge on any atom is 0.140 e. The first-order chi connectivity index (χ1) is 6.61. The number of piperidine rings is 1. The second-order valence-electron chi connectivity index (χ2n) is 5.44. The van der Waals surface area contributed by atoms with Crippen LogP contribution in [0.1, 0.15) is 20.8 Å². The highest BCUT2D eigenvalue weighted by Gasteiger charge is 2.59. The van der Waals surface area contributed by atoms with E-state index in [1.54, 1.807) is 0 Å². The molecule has 0 amide bonds. The maximum atomic E-state index is 5.50. The number of fused-ring (bicyclic) bond motifs is 1. The van der Waals surface area contributed by atoms with Gasteiger partial charge < -0.3 is 10.2 Å². The lowest BCUT2D eigenvalue weighted by Gasteiger charge is -2.21. The SMILES string of the molecule is CC1C(C2C3CNCC32)=NOC1(C)C. The highest BCUT2D eigenvalue weighted by atomic mass is 16.7. The van der Waals surface area contributed by atoms with E-state index in [0.29, 0.717) is 5.92 Å². The second kappa shape index (κ2) is 2.51. The Morgan fingerprint density at radius 3 is 2.50 bits per heavy atom. The number of nitrogens with zero attached hydrogens (tertiary/aromatic N) is 1. The van der Waals surface area contributed by atoms with Crippen molar-refractivity contribution in [2.75, 3.05) is 13.1 Å². The molecule has 0 aromatic rings. The summed E-state index contributed by atoms with van der Waals surface area (Å²) in [5.74, 6) is 2.92. The molecule has 2 fully saturated rings. The smallest absolute Gasteiger partial charge is 0.140 e. The summed E-state index contributed by atoms with van der Waals surface area (Å²) in [6.07, 6.45) is 0. The van der Waals surface area contributed by atoms with Crippen molar-refractivity contribution in [2.24, 2.45) is 28.8 Å². The van der Waals surface area contributed by atoms with E-state index in [-0.39, 0.29) is 5.60 Å². The van der Waals surface area contributed by atoms with Gasteiger partial charge in [-0.05, 0) is 38.8 Å². The molecule has 0 bridgehead atoms. The van der Waals surface area contributed by atoms with E-state index in [1.165, 1.54) is 18.8 Å². The number of oxime groups is 1. The van der Waals surface area contributed by atoms with Gasteiger partial charge in [0.15, 0.2) is 0 Å². The van der Waals surface area contributed by atoms with E-state index in [1.807, 2.05) is 0 Å². The molecule has 1 N–H and O–H groups in total. The maximum absolute atomic E-state index is 5.50. The molecule has 3 unspecified atom stereocenters. The zero-order chi connectivity index (χ0) is 9.92. The van der Waals surface area contributed by atoms with Crippen LogP contribution in [-0.4, -0.2) is 24.4 Å². The molecular weight excluding hydrogens is 176 g/mol. The van der Waals surface area contributed by atoms with Gasteiger partial charge in [0, 0.05) is 11.8 Å². The number of nitrogens with one attached hydrogen (secondary N) is 1. The molecule has 3 atom stereocenters. The Bertz CT molecular complexity index is 288. The summed E-state index contributed by atoms with van der Waals surface area (Å²) < 4.78 is 0. The van der Waals surface area contributed by atoms with Gasteiger partial charge >= 0.3 is 0 Å². The Kier molecular flexibility index (Phi) is 1.56. The molecule has 3 aliphatic rings. The average Bonchev–Trinajstić information content (AvgIpc) is 2.53. The predicted octanol–water partition coefficient (Wildman–Crippen LogP) is 1.25. The Labute approximate surface area is 84.9 Å². The van der Waals surface area contributed by atoms with Gasteiger partial charge in [0.05, 0.1) is 5.71 Å². The van der Waals surface area contributed by atoms with Crippen LogP contribution < -0.4 is 5.32 Å². The molecule has 1 aliphatic carbocycles. The number of rotatable bonds is 1. The zero-order valence-corrected chi connectivity index (χ0v) is 9.08. The van der Waals surface area contributed by atoms with E-state index in [2.05, 4.69) is 31.2 Å². The molecule has 0 aromatic heterocycles. The van der Waals surface area contributed by atoms with Crippen molar-refractivity contribution < 1.29 is 4.84 Å². The topological polar surface area (TPSA) is 33.6 Å². The van der Waals surface area contributed by atoms with Gasteiger partial charge in [-0.25, -0.2) is 0 Å². The van der Waals surface area contributed by atoms with Crippen LogP contribution in [0.2, 0.25) is 0 Å². The summed E-state index contributed by atoms with van der Waals surface area (Å²) in [6.45, 7) is 8.87. The normalized spacial score (nSPS) is 48.4. The van der Waals surface area contributed by atoms with Crippen LogP contribution in [0.3, 0.4) is 0 Å². The lowest BCUT2D eigenvalue weighted by molar-refractivity contribution is -0.0103. The summed E-state index contributed by atoms with van der Waals surface area (Å²) in [6, 6.07) is 0. The van der Waals surface area contributed by atoms with Gasteiger partial charge in [-0.2, -0.15) is 0 Å². The van der Waals surface area contributed by atoms with Gasteiger partial charge in [-0.1, -0.05) is 12.1 Å². The fourth-order valence-corrected chi connectivity index (χ4v) is 2.89. The highest BCUT2D eigenvalue weighted by Crippen LogP contribution is 2.53. The number of hydrogen-bond acceptors (Lipinski definition) is 3. The Morgan fingerprint density at radius 1 is 1.36 bits per heavy atom. The molecule has 2 aliphatic heterocycles. The van der Waals surface area contributed by atoms with Crippen LogP contribution in [0.25, 0.3) is 0 Å². The van der Waals surface area contributed by atoms with Crippen LogP contribution in [-0.2, 0) is 4.84 Å². The van der Waals surface area contributed by atoms with Gasteiger partial charge in [0.25, 0.3) is 0 Å². The molecule has 1 saturated carbocycles. The fraction of sp³-hybridized carbons (Fsp3) is 0.909. The molecule has 3 nitrogen and oxygen atoms in total. The third-order valence-corrected chi connectivity index (χ3v) is 4.31. The Balaban J connectivity index is 1.76. The van der Waals surface area contributed by atoms with E-state index in [0.717, 1.165) is 17.8 Å². The average molecular weight is 194 g/mol. The van der Waals surface area contributed by atoms with Crippen molar-refractivity contribution in [1.82, 2.24) is 5.32 Å². The second-order valence-corrected chi connectivity index (χ2v) is 5.44. The number of hydrogen-bond donors (Lipinski definition) is 1. The minimum absolute atomic E-state index is 0.0837. The van der Waals surface area contributed by atoms with E-state index in [9.17, 15) is 0 Å². The highest BCUT2D eigenvalue weighted by molar-refractivity contribution is 5.93. The predicted molar refractivity (Wildman–Crippen MR) is 55.1 cm³/mol. The quantitative estimate of drug-likeness (QED) is 0.681. The summed E-state index contributed by atoms with van der Waals surface area (Å²) in [5.41, 5.74) is 1.24. The minimum Gasteiger partial charge on any atom is -0.389 e. The molecule has 0 spiro atoms. The summed E-state index contributed by atoms with van der Waals surface area (Å²) >= 11 is 0. The van der Waals surface area contributed by atoms with Gasteiger partial charge in [0.2, 0.25) is 0 Å². The van der Waals surface area contributed by atoms with E-state index >= 15 is 0 Å². The van der Waals surface area contributed by atoms with Crippen LogP contribution in [0, 0.1) is 23.7 Å². The molecule has 1 saturated heterocycles. The summed E-state index contributed by atoms with van der Waals surface area (Å²) in [5, 5.41) is 7.72. The molecule has 14 heavy (non-hydrogen) atoms. The molecule has 3 heteroatoms. The molecule has 78 valence electrons. The van der Waals surface area contributed by atoms with E-state index in [4.69, 9.17) is 4.84 Å². The molecule has 2 heterocycles. The van der Waals surface area contributed by atoms with Crippen molar-refractivity contribution >= 4 is 5.71 Å². The van der Waals surface area contributed by atoms with Gasteiger partial charge in [0.1, 0.15) is 5.60 Å².